The van der Waals surface area contributed by atoms with Crippen molar-refractivity contribution in [2.75, 3.05) is 0 Å². The number of fused-ring (bicyclic) bond motifs is 1. The van der Waals surface area contributed by atoms with E-state index in [9.17, 15) is 18.0 Å². The van der Waals surface area contributed by atoms with Crippen LogP contribution in [0.5, 0.6) is 5.75 Å². The van der Waals surface area contributed by atoms with Gasteiger partial charge >= 0.3 is 6.18 Å². The summed E-state index contributed by atoms with van der Waals surface area (Å²) in [6.07, 6.45) is -2.67. The van der Waals surface area contributed by atoms with Gasteiger partial charge in [-0.25, -0.2) is 0 Å². The summed E-state index contributed by atoms with van der Waals surface area (Å²) in [4.78, 5) is 12.1. The van der Waals surface area contributed by atoms with Crippen LogP contribution in [0.25, 0.3) is 0 Å². The Morgan fingerprint density at radius 3 is 2.67 bits per heavy atom. The molecule has 0 spiro atoms. The minimum atomic E-state index is -4.41. The van der Waals surface area contributed by atoms with E-state index in [-0.39, 0.29) is 17.9 Å². The highest BCUT2D eigenvalue weighted by molar-refractivity contribution is 5.78. The van der Waals surface area contributed by atoms with Crippen LogP contribution in [0.15, 0.2) is 42.5 Å². The summed E-state index contributed by atoms with van der Waals surface area (Å²) in [5.74, 6) is 0.551. The van der Waals surface area contributed by atoms with Crippen molar-refractivity contribution in [3.63, 3.8) is 0 Å². The van der Waals surface area contributed by atoms with Crippen LogP contribution in [0.3, 0.4) is 0 Å². The molecule has 0 unspecified atom stereocenters. The van der Waals surface area contributed by atoms with Gasteiger partial charge in [0, 0.05) is 6.54 Å². The SMILES string of the molecule is CC1(C)CCc2cc(CNC(=O)Cc3cccc(C(F)(F)F)c3)ccc2O1. The highest BCUT2D eigenvalue weighted by Gasteiger charge is 2.30. The van der Waals surface area contributed by atoms with E-state index in [2.05, 4.69) is 19.2 Å². The molecule has 1 heterocycles. The summed E-state index contributed by atoms with van der Waals surface area (Å²) in [5.41, 5.74) is 1.47. The number of amides is 1. The third-order valence-electron chi connectivity index (χ3n) is 4.62. The minimum absolute atomic E-state index is 0.0911. The van der Waals surface area contributed by atoms with Gasteiger partial charge in [0.25, 0.3) is 0 Å². The zero-order valence-corrected chi connectivity index (χ0v) is 15.3. The van der Waals surface area contributed by atoms with E-state index in [1.165, 1.54) is 12.1 Å². The molecule has 0 bridgehead atoms. The lowest BCUT2D eigenvalue weighted by Gasteiger charge is -2.32. The van der Waals surface area contributed by atoms with Gasteiger partial charge in [-0.2, -0.15) is 13.2 Å². The molecule has 3 nitrogen and oxygen atoms in total. The largest absolute Gasteiger partial charge is 0.488 e. The number of hydrogen-bond acceptors (Lipinski definition) is 2. The van der Waals surface area contributed by atoms with Crippen LogP contribution in [0, 0.1) is 0 Å². The van der Waals surface area contributed by atoms with Gasteiger partial charge in [0.15, 0.2) is 0 Å². The molecule has 3 rings (SSSR count). The van der Waals surface area contributed by atoms with Gasteiger partial charge in [0.2, 0.25) is 5.91 Å². The van der Waals surface area contributed by atoms with Crippen molar-refractivity contribution >= 4 is 5.91 Å². The van der Waals surface area contributed by atoms with Gasteiger partial charge < -0.3 is 10.1 Å². The molecule has 144 valence electrons. The molecule has 1 N–H and O–H groups in total. The molecule has 2 aromatic rings. The van der Waals surface area contributed by atoms with Gasteiger partial charge in [-0.15, -0.1) is 0 Å². The Kier molecular flexibility index (Phi) is 5.18. The van der Waals surface area contributed by atoms with E-state index >= 15 is 0 Å². The number of nitrogens with one attached hydrogen (secondary N) is 1. The average Bonchev–Trinajstić information content (AvgIpc) is 2.59. The third kappa shape index (κ3) is 5.02. The van der Waals surface area contributed by atoms with Crippen LogP contribution < -0.4 is 10.1 Å². The van der Waals surface area contributed by atoms with Crippen LogP contribution in [0.2, 0.25) is 0 Å². The predicted octanol–water partition coefficient (Wildman–Crippen LogP) is 4.67. The molecular weight excluding hydrogens is 355 g/mol. The summed E-state index contributed by atoms with van der Waals surface area (Å²) in [6.45, 7) is 4.43. The first-order chi connectivity index (χ1) is 12.6. The summed E-state index contributed by atoms with van der Waals surface area (Å²) in [6, 6.07) is 10.7. The Hall–Kier alpha value is -2.50. The minimum Gasteiger partial charge on any atom is -0.488 e. The van der Waals surface area contributed by atoms with E-state index < -0.39 is 11.7 Å². The van der Waals surface area contributed by atoms with Gasteiger partial charge in [0.1, 0.15) is 11.4 Å². The molecule has 0 fully saturated rings. The molecule has 0 aliphatic carbocycles. The van der Waals surface area contributed by atoms with E-state index in [4.69, 9.17) is 4.74 Å². The molecule has 2 aromatic carbocycles. The number of rotatable bonds is 4. The fourth-order valence-corrected chi connectivity index (χ4v) is 3.13. The predicted molar refractivity (Wildman–Crippen MR) is 96.5 cm³/mol. The quantitative estimate of drug-likeness (QED) is 0.841. The normalized spacial score (nSPS) is 15.6. The molecule has 1 amide bonds. The fourth-order valence-electron chi connectivity index (χ4n) is 3.13. The second-order valence-electron chi connectivity index (χ2n) is 7.46. The first-order valence-electron chi connectivity index (χ1n) is 8.86. The Labute approximate surface area is 156 Å². The Balaban J connectivity index is 1.59. The molecule has 6 heteroatoms. The Morgan fingerprint density at radius 1 is 1.15 bits per heavy atom. The summed E-state index contributed by atoms with van der Waals surface area (Å²) < 4.78 is 44.2. The molecule has 27 heavy (non-hydrogen) atoms. The zero-order valence-electron chi connectivity index (χ0n) is 15.3. The summed E-state index contributed by atoms with van der Waals surface area (Å²) >= 11 is 0. The maximum absolute atomic E-state index is 12.7. The monoisotopic (exact) mass is 377 g/mol. The highest BCUT2D eigenvalue weighted by atomic mass is 19.4. The van der Waals surface area contributed by atoms with Crippen molar-refractivity contribution in [1.82, 2.24) is 5.32 Å². The topological polar surface area (TPSA) is 38.3 Å². The van der Waals surface area contributed by atoms with Crippen molar-refractivity contribution in [1.29, 1.82) is 0 Å². The number of hydrogen-bond donors (Lipinski definition) is 1. The van der Waals surface area contributed by atoms with Gasteiger partial charge in [0.05, 0.1) is 12.0 Å². The molecule has 0 aromatic heterocycles. The lowest BCUT2D eigenvalue weighted by Crippen LogP contribution is -2.32. The molecule has 0 saturated heterocycles. The molecule has 0 radical (unpaired) electrons. The zero-order chi connectivity index (χ0) is 19.7. The van der Waals surface area contributed by atoms with Crippen molar-refractivity contribution in [2.24, 2.45) is 0 Å². The number of aryl methyl sites for hydroxylation is 1. The van der Waals surface area contributed by atoms with Crippen LogP contribution >= 0.6 is 0 Å². The van der Waals surface area contributed by atoms with Crippen molar-refractivity contribution in [3.8, 4) is 5.75 Å². The molecule has 0 atom stereocenters. The Morgan fingerprint density at radius 2 is 1.93 bits per heavy atom. The molecular formula is C21H22F3NO2. The average molecular weight is 377 g/mol. The van der Waals surface area contributed by atoms with Crippen molar-refractivity contribution in [3.05, 3.63) is 64.7 Å². The van der Waals surface area contributed by atoms with Gasteiger partial charge in [-0.1, -0.05) is 30.3 Å². The number of benzene rings is 2. The Bertz CT molecular complexity index is 844. The van der Waals surface area contributed by atoms with E-state index in [0.29, 0.717) is 12.1 Å². The summed E-state index contributed by atoms with van der Waals surface area (Å²) in [7, 11) is 0. The number of carbonyl (C=O) groups excluding carboxylic acids is 1. The van der Waals surface area contributed by atoms with Gasteiger partial charge in [-0.3, -0.25) is 4.79 Å². The summed E-state index contributed by atoms with van der Waals surface area (Å²) in [5, 5.41) is 2.77. The highest BCUT2D eigenvalue weighted by Crippen LogP contribution is 2.33. The first-order valence-corrected chi connectivity index (χ1v) is 8.86. The van der Waals surface area contributed by atoms with Crippen molar-refractivity contribution in [2.45, 2.75) is 51.4 Å². The van der Waals surface area contributed by atoms with Crippen LogP contribution in [-0.4, -0.2) is 11.5 Å². The van der Waals surface area contributed by atoms with Gasteiger partial charge in [-0.05, 0) is 55.5 Å². The molecule has 1 aliphatic heterocycles. The smallest absolute Gasteiger partial charge is 0.416 e. The second-order valence-corrected chi connectivity index (χ2v) is 7.46. The molecule has 0 saturated carbocycles. The van der Waals surface area contributed by atoms with Crippen molar-refractivity contribution < 1.29 is 22.7 Å². The lowest BCUT2D eigenvalue weighted by molar-refractivity contribution is -0.137. The standard InChI is InChI=1S/C21H22F3NO2/c1-20(2)9-8-16-10-15(6-7-18(16)27-20)13-25-19(26)12-14-4-3-5-17(11-14)21(22,23)24/h3-7,10-11H,8-9,12-13H2,1-2H3,(H,25,26). The maximum atomic E-state index is 12.7. The van der Waals surface area contributed by atoms with E-state index in [1.807, 2.05) is 18.2 Å². The molecule has 1 aliphatic rings. The number of carbonyl (C=O) groups is 1. The third-order valence-corrected chi connectivity index (χ3v) is 4.62. The van der Waals surface area contributed by atoms with Crippen LogP contribution in [-0.2, 0) is 30.4 Å². The fraction of sp³-hybridized carbons (Fsp3) is 0.381. The van der Waals surface area contributed by atoms with E-state index in [0.717, 1.165) is 41.9 Å². The van der Waals surface area contributed by atoms with Crippen LogP contribution in [0.1, 0.15) is 42.5 Å². The maximum Gasteiger partial charge on any atom is 0.416 e. The van der Waals surface area contributed by atoms with E-state index in [1.54, 1.807) is 0 Å². The number of halogens is 3. The first kappa shape index (κ1) is 19.3. The number of ether oxygens (including phenoxy) is 1. The number of alkyl halides is 3. The van der Waals surface area contributed by atoms with Crippen LogP contribution in [0.4, 0.5) is 13.2 Å². The second kappa shape index (κ2) is 7.25. The lowest BCUT2D eigenvalue weighted by atomic mass is 9.93.